The molecule has 1 aromatic rings. The fraction of sp³-hybridized carbons (Fsp3) is 0.667. The number of hydrogen-bond acceptors (Lipinski definition) is 5. The first-order valence-corrected chi connectivity index (χ1v) is 8.08. The van der Waals surface area contributed by atoms with Crippen molar-refractivity contribution in [3.05, 3.63) is 11.4 Å². The van der Waals surface area contributed by atoms with Crippen LogP contribution in [-0.2, 0) is 21.4 Å². The Balaban J connectivity index is 2.25. The monoisotopic (exact) mass is 317 g/mol. The van der Waals surface area contributed by atoms with Gasteiger partial charge in [0.25, 0.3) is 0 Å². The van der Waals surface area contributed by atoms with Crippen LogP contribution in [0, 0.1) is 19.8 Å². The van der Waals surface area contributed by atoms with Crippen molar-refractivity contribution in [1.82, 2.24) is 14.1 Å². The van der Waals surface area contributed by atoms with E-state index in [9.17, 15) is 13.2 Å². The van der Waals surface area contributed by atoms with Crippen LogP contribution in [-0.4, -0.2) is 58.4 Å². The summed E-state index contributed by atoms with van der Waals surface area (Å²) >= 11 is 0. The molecule has 2 N–H and O–H groups in total. The van der Waals surface area contributed by atoms with E-state index in [-0.39, 0.29) is 30.4 Å². The number of nitrogens with zero attached hydrogens (tertiary/aromatic N) is 3. The zero-order chi connectivity index (χ0) is 15.8. The van der Waals surface area contributed by atoms with E-state index in [2.05, 4.69) is 5.10 Å². The Hall–Kier alpha value is -1.45. The summed E-state index contributed by atoms with van der Waals surface area (Å²) in [4.78, 5) is 10.8. The Morgan fingerprint density at radius 1 is 1.38 bits per heavy atom. The summed E-state index contributed by atoms with van der Waals surface area (Å²) in [6, 6.07) is 0. The second-order valence-electron chi connectivity index (χ2n) is 5.24. The molecular formula is C12H19N3O5S. The van der Waals surface area contributed by atoms with Crippen LogP contribution >= 0.6 is 0 Å². The Bertz CT molecular complexity index is 646. The van der Waals surface area contributed by atoms with Crippen LogP contribution in [0.4, 0.5) is 0 Å². The number of carboxylic acid groups (broad SMARTS) is 1. The summed E-state index contributed by atoms with van der Waals surface area (Å²) in [5.74, 6) is -0.970. The van der Waals surface area contributed by atoms with Gasteiger partial charge in [0.2, 0.25) is 10.0 Å². The smallest absolute Gasteiger partial charge is 0.305 e. The van der Waals surface area contributed by atoms with E-state index >= 15 is 0 Å². The predicted molar refractivity (Wildman–Crippen MR) is 73.3 cm³/mol. The quantitative estimate of drug-likeness (QED) is 0.737. The molecule has 9 heteroatoms. The van der Waals surface area contributed by atoms with Crippen molar-refractivity contribution in [3.8, 4) is 0 Å². The van der Waals surface area contributed by atoms with Gasteiger partial charge in [-0.15, -0.1) is 0 Å². The maximum atomic E-state index is 12.5. The molecule has 1 aliphatic heterocycles. The highest BCUT2D eigenvalue weighted by Crippen LogP contribution is 2.28. The van der Waals surface area contributed by atoms with Crippen molar-refractivity contribution in [2.24, 2.45) is 5.92 Å². The van der Waals surface area contributed by atoms with Gasteiger partial charge in [-0.1, -0.05) is 0 Å². The molecule has 21 heavy (non-hydrogen) atoms. The number of aliphatic carboxylic acids is 1. The molecule has 0 spiro atoms. The summed E-state index contributed by atoms with van der Waals surface area (Å²) < 4.78 is 27.8. The van der Waals surface area contributed by atoms with Gasteiger partial charge in [0, 0.05) is 25.6 Å². The molecule has 8 nitrogen and oxygen atoms in total. The number of carbonyl (C=O) groups is 1. The Labute approximate surface area is 123 Å². The minimum atomic E-state index is -3.63. The first-order chi connectivity index (χ1) is 9.77. The van der Waals surface area contributed by atoms with Gasteiger partial charge < -0.3 is 10.2 Å². The molecule has 0 aliphatic carbocycles. The molecule has 0 aromatic carbocycles. The van der Waals surface area contributed by atoms with Gasteiger partial charge >= 0.3 is 5.97 Å². The van der Waals surface area contributed by atoms with Crippen LogP contribution in [0.3, 0.4) is 0 Å². The number of aryl methyl sites for hydroxylation is 2. The van der Waals surface area contributed by atoms with Crippen molar-refractivity contribution < 1.29 is 23.4 Å². The molecule has 0 unspecified atom stereocenters. The highest BCUT2D eigenvalue weighted by molar-refractivity contribution is 7.89. The largest absolute Gasteiger partial charge is 0.481 e. The highest BCUT2D eigenvalue weighted by atomic mass is 32.2. The van der Waals surface area contributed by atoms with Gasteiger partial charge in [-0.25, -0.2) is 8.42 Å². The molecule has 0 amide bonds. The van der Waals surface area contributed by atoms with Crippen LogP contribution in [0.15, 0.2) is 4.90 Å². The van der Waals surface area contributed by atoms with Crippen molar-refractivity contribution in [2.75, 3.05) is 19.7 Å². The molecule has 0 bridgehead atoms. The topological polar surface area (TPSA) is 113 Å². The van der Waals surface area contributed by atoms with E-state index in [1.807, 2.05) is 0 Å². The highest BCUT2D eigenvalue weighted by Gasteiger charge is 2.39. The van der Waals surface area contributed by atoms with E-state index in [1.54, 1.807) is 13.8 Å². The minimum Gasteiger partial charge on any atom is -0.481 e. The molecule has 0 atom stereocenters. The maximum Gasteiger partial charge on any atom is 0.305 e. The van der Waals surface area contributed by atoms with Gasteiger partial charge in [-0.2, -0.15) is 9.40 Å². The van der Waals surface area contributed by atoms with Gasteiger partial charge in [0.15, 0.2) is 0 Å². The minimum absolute atomic E-state index is 0.0116. The van der Waals surface area contributed by atoms with Crippen molar-refractivity contribution in [1.29, 1.82) is 0 Å². The second kappa shape index (κ2) is 5.74. The number of aliphatic hydroxyl groups excluding tert-OH is 1. The van der Waals surface area contributed by atoms with Crippen LogP contribution in [0.25, 0.3) is 0 Å². The first kappa shape index (κ1) is 15.9. The number of carboxylic acids is 1. The fourth-order valence-electron chi connectivity index (χ4n) is 2.44. The molecule has 1 aliphatic rings. The predicted octanol–water partition coefficient (Wildman–Crippen LogP) is -0.413. The average molecular weight is 317 g/mol. The van der Waals surface area contributed by atoms with Gasteiger partial charge in [-0.05, 0) is 13.8 Å². The molecule has 118 valence electrons. The third-order valence-corrected chi connectivity index (χ3v) is 5.72. The number of aromatic nitrogens is 2. The van der Waals surface area contributed by atoms with E-state index in [4.69, 9.17) is 10.2 Å². The van der Waals surface area contributed by atoms with Crippen LogP contribution in [0.2, 0.25) is 0 Å². The summed E-state index contributed by atoms with van der Waals surface area (Å²) in [6.45, 7) is 3.94. The summed E-state index contributed by atoms with van der Waals surface area (Å²) in [5.41, 5.74) is 0.812. The van der Waals surface area contributed by atoms with Gasteiger partial charge in [0.05, 0.1) is 24.4 Å². The van der Waals surface area contributed by atoms with E-state index < -0.39 is 16.0 Å². The summed E-state index contributed by atoms with van der Waals surface area (Å²) in [7, 11) is -3.63. The summed E-state index contributed by atoms with van der Waals surface area (Å²) in [5, 5.41) is 21.8. The molecule has 0 radical (unpaired) electrons. The lowest BCUT2D eigenvalue weighted by atomic mass is 10.1. The van der Waals surface area contributed by atoms with Gasteiger partial charge in [-0.3, -0.25) is 9.48 Å². The standard InChI is InChI=1S/C12H19N3O5S/c1-8-12(9(2)15(13-8)4-3-11(17)18)21(19,20)14-5-10(6-14)7-16/h10,16H,3-7H2,1-2H3,(H,17,18). The van der Waals surface area contributed by atoms with Crippen LogP contribution in [0.5, 0.6) is 0 Å². The normalized spacial score (nSPS) is 16.9. The number of rotatable bonds is 6. The number of hydrogen-bond donors (Lipinski definition) is 2. The lowest BCUT2D eigenvalue weighted by Crippen LogP contribution is -2.51. The average Bonchev–Trinajstić information content (AvgIpc) is 2.60. The van der Waals surface area contributed by atoms with Crippen molar-refractivity contribution in [3.63, 3.8) is 0 Å². The third-order valence-electron chi connectivity index (χ3n) is 3.63. The Morgan fingerprint density at radius 3 is 2.52 bits per heavy atom. The molecule has 1 aromatic heterocycles. The molecule has 1 saturated heterocycles. The fourth-order valence-corrected chi connectivity index (χ4v) is 4.40. The molecule has 0 saturated carbocycles. The van der Waals surface area contributed by atoms with Crippen molar-refractivity contribution in [2.45, 2.75) is 31.7 Å². The molecule has 1 fully saturated rings. The zero-order valence-corrected chi connectivity index (χ0v) is 12.8. The third kappa shape index (κ3) is 2.94. The van der Waals surface area contributed by atoms with Gasteiger partial charge in [0.1, 0.15) is 4.90 Å². The summed E-state index contributed by atoms with van der Waals surface area (Å²) in [6.07, 6.45) is -0.113. The molecule has 2 rings (SSSR count). The number of sulfonamides is 1. The molecular weight excluding hydrogens is 298 g/mol. The van der Waals surface area contributed by atoms with Crippen LogP contribution < -0.4 is 0 Å². The number of aliphatic hydroxyl groups is 1. The van der Waals surface area contributed by atoms with Crippen LogP contribution in [0.1, 0.15) is 17.8 Å². The Kier molecular flexibility index (Phi) is 4.35. The lowest BCUT2D eigenvalue weighted by molar-refractivity contribution is -0.137. The van der Waals surface area contributed by atoms with Crippen molar-refractivity contribution >= 4 is 16.0 Å². The molecule has 2 heterocycles. The van der Waals surface area contributed by atoms with E-state index in [1.165, 1.54) is 8.99 Å². The maximum absolute atomic E-state index is 12.5. The Morgan fingerprint density at radius 2 is 2.00 bits per heavy atom. The van der Waals surface area contributed by atoms with E-state index in [0.717, 1.165) is 0 Å². The SMILES string of the molecule is Cc1nn(CCC(=O)O)c(C)c1S(=O)(=O)N1CC(CO)C1. The lowest BCUT2D eigenvalue weighted by Gasteiger charge is -2.36. The van der Waals surface area contributed by atoms with E-state index in [0.29, 0.717) is 24.5 Å². The zero-order valence-electron chi connectivity index (χ0n) is 12.0. The second-order valence-corrected chi connectivity index (χ2v) is 7.11. The first-order valence-electron chi connectivity index (χ1n) is 6.64.